The standard InChI is InChI=1S/C14H16N2O3/c17-13-8-4-1-2-6-10(8)15-11-7-3-5-9(14(18)19)12(11)16-13/h3,5,7-8,10,15H,1-2,4,6H2,(H,16,17)(H,18,19). The number of nitrogens with one attached hydrogen (secondary N) is 2. The summed E-state index contributed by atoms with van der Waals surface area (Å²) in [5, 5.41) is 15.3. The molecule has 3 N–H and O–H groups in total. The van der Waals surface area contributed by atoms with E-state index in [1.54, 1.807) is 6.07 Å². The SMILES string of the molecule is O=C(O)c1cccc2c1NC(=O)C1CCCCC1N2. The third-order valence-electron chi connectivity index (χ3n) is 3.99. The van der Waals surface area contributed by atoms with Gasteiger partial charge in [-0.25, -0.2) is 4.79 Å². The molecular formula is C14H16N2O3. The van der Waals surface area contributed by atoms with Gasteiger partial charge in [-0.2, -0.15) is 0 Å². The summed E-state index contributed by atoms with van der Waals surface area (Å²) in [6.45, 7) is 0. The lowest BCUT2D eigenvalue weighted by Crippen LogP contribution is -2.37. The fourth-order valence-corrected chi connectivity index (χ4v) is 3.02. The van der Waals surface area contributed by atoms with Crippen LogP contribution < -0.4 is 10.6 Å². The smallest absolute Gasteiger partial charge is 0.337 e. The molecule has 2 atom stereocenters. The number of aromatic carboxylic acids is 1. The lowest BCUT2D eigenvalue weighted by molar-refractivity contribution is -0.120. The van der Waals surface area contributed by atoms with E-state index in [0.29, 0.717) is 11.4 Å². The second-order valence-corrected chi connectivity index (χ2v) is 5.16. The van der Waals surface area contributed by atoms with Gasteiger partial charge in [0.05, 0.1) is 22.9 Å². The number of carbonyl (C=O) groups excluding carboxylic acids is 1. The second kappa shape index (κ2) is 4.57. The molecule has 100 valence electrons. The van der Waals surface area contributed by atoms with E-state index in [1.165, 1.54) is 6.07 Å². The average molecular weight is 260 g/mol. The zero-order valence-corrected chi connectivity index (χ0v) is 10.5. The topological polar surface area (TPSA) is 78.4 Å². The van der Waals surface area contributed by atoms with E-state index in [-0.39, 0.29) is 23.4 Å². The van der Waals surface area contributed by atoms with E-state index in [4.69, 9.17) is 0 Å². The fraction of sp³-hybridized carbons (Fsp3) is 0.429. The summed E-state index contributed by atoms with van der Waals surface area (Å²) in [6.07, 6.45) is 3.97. The summed E-state index contributed by atoms with van der Waals surface area (Å²) >= 11 is 0. The van der Waals surface area contributed by atoms with Crippen molar-refractivity contribution >= 4 is 23.3 Å². The number of anilines is 2. The quantitative estimate of drug-likeness (QED) is 0.724. The minimum atomic E-state index is -1.02. The van der Waals surface area contributed by atoms with Gasteiger partial charge in [-0.1, -0.05) is 18.9 Å². The van der Waals surface area contributed by atoms with Crippen LogP contribution in [0.25, 0.3) is 0 Å². The largest absolute Gasteiger partial charge is 0.478 e. The number of para-hydroxylation sites is 1. The molecule has 1 aromatic carbocycles. The maximum absolute atomic E-state index is 12.2. The number of benzene rings is 1. The van der Waals surface area contributed by atoms with Crippen LogP contribution >= 0.6 is 0 Å². The average Bonchev–Trinajstić information content (AvgIpc) is 2.54. The van der Waals surface area contributed by atoms with Gasteiger partial charge in [0, 0.05) is 6.04 Å². The van der Waals surface area contributed by atoms with Crippen molar-refractivity contribution in [1.29, 1.82) is 0 Å². The van der Waals surface area contributed by atoms with E-state index >= 15 is 0 Å². The molecular weight excluding hydrogens is 244 g/mol. The summed E-state index contributed by atoms with van der Waals surface area (Å²) in [7, 11) is 0. The van der Waals surface area contributed by atoms with Gasteiger partial charge < -0.3 is 15.7 Å². The molecule has 1 heterocycles. The van der Waals surface area contributed by atoms with Gasteiger partial charge in [0.2, 0.25) is 5.91 Å². The molecule has 1 aliphatic heterocycles. The Hall–Kier alpha value is -2.04. The van der Waals surface area contributed by atoms with Crippen LogP contribution in [0.1, 0.15) is 36.0 Å². The van der Waals surface area contributed by atoms with E-state index < -0.39 is 5.97 Å². The lowest BCUT2D eigenvalue weighted by Gasteiger charge is -2.29. The number of hydrogen-bond acceptors (Lipinski definition) is 3. The Labute approximate surface area is 111 Å². The van der Waals surface area contributed by atoms with E-state index in [1.807, 2.05) is 6.07 Å². The van der Waals surface area contributed by atoms with E-state index in [9.17, 15) is 14.7 Å². The number of amides is 1. The van der Waals surface area contributed by atoms with Gasteiger partial charge in [-0.3, -0.25) is 4.79 Å². The number of hydrogen-bond donors (Lipinski definition) is 3. The van der Waals surface area contributed by atoms with Gasteiger partial charge in [0.25, 0.3) is 0 Å². The highest BCUT2D eigenvalue weighted by Crippen LogP contribution is 2.36. The first-order valence-corrected chi connectivity index (χ1v) is 6.60. The zero-order chi connectivity index (χ0) is 13.4. The molecule has 1 saturated carbocycles. The van der Waals surface area contributed by atoms with Crippen LogP contribution in [0.4, 0.5) is 11.4 Å². The first kappa shape index (κ1) is 12.0. The molecule has 5 nitrogen and oxygen atoms in total. The molecule has 1 aliphatic carbocycles. The highest BCUT2D eigenvalue weighted by Gasteiger charge is 2.35. The Morgan fingerprint density at radius 3 is 2.84 bits per heavy atom. The summed E-state index contributed by atoms with van der Waals surface area (Å²) in [5.74, 6) is -1.16. The molecule has 0 aromatic heterocycles. The highest BCUT2D eigenvalue weighted by molar-refractivity contribution is 6.06. The van der Waals surface area contributed by atoms with Gasteiger partial charge in [-0.05, 0) is 25.0 Å². The summed E-state index contributed by atoms with van der Waals surface area (Å²) in [6, 6.07) is 5.14. The normalized spacial score (nSPS) is 25.4. The number of fused-ring (bicyclic) bond motifs is 2. The minimum absolute atomic E-state index is 0.0651. The first-order valence-electron chi connectivity index (χ1n) is 6.60. The predicted molar refractivity (Wildman–Crippen MR) is 71.4 cm³/mol. The van der Waals surface area contributed by atoms with Crippen molar-refractivity contribution in [1.82, 2.24) is 0 Å². The van der Waals surface area contributed by atoms with Crippen LogP contribution in [-0.2, 0) is 4.79 Å². The summed E-state index contributed by atoms with van der Waals surface area (Å²) in [5.41, 5.74) is 1.24. The van der Waals surface area contributed by atoms with Crippen molar-refractivity contribution in [3.63, 3.8) is 0 Å². The van der Waals surface area contributed by atoms with Gasteiger partial charge in [0.1, 0.15) is 0 Å². The Morgan fingerprint density at radius 1 is 1.26 bits per heavy atom. The summed E-state index contributed by atoms with van der Waals surface area (Å²) < 4.78 is 0. The fourth-order valence-electron chi connectivity index (χ4n) is 3.02. The molecule has 5 heteroatoms. The molecule has 0 bridgehead atoms. The van der Waals surface area contributed by atoms with Crippen molar-refractivity contribution in [2.45, 2.75) is 31.7 Å². The maximum Gasteiger partial charge on any atom is 0.337 e. The van der Waals surface area contributed by atoms with Crippen molar-refractivity contribution in [2.24, 2.45) is 5.92 Å². The van der Waals surface area contributed by atoms with Crippen molar-refractivity contribution in [2.75, 3.05) is 10.6 Å². The molecule has 1 aromatic rings. The molecule has 3 rings (SSSR count). The number of rotatable bonds is 1. The Bertz CT molecular complexity index is 541. The molecule has 1 amide bonds. The van der Waals surface area contributed by atoms with Crippen LogP contribution in [0.5, 0.6) is 0 Å². The molecule has 0 radical (unpaired) electrons. The van der Waals surface area contributed by atoms with Crippen molar-refractivity contribution in [3.05, 3.63) is 23.8 Å². The first-order chi connectivity index (χ1) is 9.16. The van der Waals surface area contributed by atoms with Gasteiger partial charge >= 0.3 is 5.97 Å². The number of carboxylic acid groups (broad SMARTS) is 1. The second-order valence-electron chi connectivity index (χ2n) is 5.16. The highest BCUT2D eigenvalue weighted by atomic mass is 16.4. The predicted octanol–water partition coefficient (Wildman–Crippen LogP) is 2.31. The Kier molecular flexibility index (Phi) is 2.89. The van der Waals surface area contributed by atoms with Gasteiger partial charge in [-0.15, -0.1) is 0 Å². The monoisotopic (exact) mass is 260 g/mol. The molecule has 1 fully saturated rings. The van der Waals surface area contributed by atoms with Crippen LogP contribution in [0.3, 0.4) is 0 Å². The van der Waals surface area contributed by atoms with Crippen LogP contribution in [0.2, 0.25) is 0 Å². The molecule has 2 aliphatic rings. The Balaban J connectivity index is 2.04. The lowest BCUT2D eigenvalue weighted by atomic mass is 9.84. The third-order valence-corrected chi connectivity index (χ3v) is 3.99. The van der Waals surface area contributed by atoms with E-state index in [2.05, 4.69) is 10.6 Å². The van der Waals surface area contributed by atoms with E-state index in [0.717, 1.165) is 25.7 Å². The number of carbonyl (C=O) groups is 2. The summed E-state index contributed by atoms with van der Waals surface area (Å²) in [4.78, 5) is 23.5. The molecule has 2 unspecified atom stereocenters. The van der Waals surface area contributed by atoms with Crippen LogP contribution in [0.15, 0.2) is 18.2 Å². The Morgan fingerprint density at radius 2 is 2.05 bits per heavy atom. The van der Waals surface area contributed by atoms with Crippen LogP contribution in [-0.4, -0.2) is 23.0 Å². The zero-order valence-electron chi connectivity index (χ0n) is 10.5. The van der Waals surface area contributed by atoms with Gasteiger partial charge in [0.15, 0.2) is 0 Å². The number of carboxylic acids is 1. The maximum atomic E-state index is 12.2. The van der Waals surface area contributed by atoms with Crippen molar-refractivity contribution in [3.8, 4) is 0 Å². The molecule has 0 saturated heterocycles. The molecule has 19 heavy (non-hydrogen) atoms. The van der Waals surface area contributed by atoms with Crippen molar-refractivity contribution < 1.29 is 14.7 Å². The minimum Gasteiger partial charge on any atom is -0.478 e. The van der Waals surface area contributed by atoms with Crippen LogP contribution in [0, 0.1) is 5.92 Å². The third kappa shape index (κ3) is 2.05. The molecule has 0 spiro atoms.